The molecular weight excluding hydrogens is 332 g/mol. The monoisotopic (exact) mass is 356 g/mol. The highest BCUT2D eigenvalue weighted by Crippen LogP contribution is 2.21. The van der Waals surface area contributed by atoms with Crippen molar-refractivity contribution in [2.24, 2.45) is 0 Å². The number of rotatable bonds is 5. The number of hydrogen-bond acceptors (Lipinski definition) is 5. The fourth-order valence-corrected chi connectivity index (χ4v) is 3.07. The van der Waals surface area contributed by atoms with Crippen molar-refractivity contribution in [2.45, 2.75) is 13.8 Å². The maximum absolute atomic E-state index is 12.4. The van der Waals surface area contributed by atoms with Crippen molar-refractivity contribution in [1.82, 2.24) is 20.2 Å². The van der Waals surface area contributed by atoms with Crippen molar-refractivity contribution in [3.05, 3.63) is 51.6 Å². The quantitative estimate of drug-likeness (QED) is 0.838. The number of benzene rings is 1. The SMILES string of the molecule is Cc1ccc(-c2cc(C(=O)NCCN3CCOCC3)[nH]c(=O)n2)c(C)c1. The third-order valence-corrected chi connectivity index (χ3v) is 4.46. The molecule has 3 rings (SSSR count). The molecule has 2 aromatic rings. The molecule has 1 amide bonds. The molecule has 1 aliphatic rings. The average Bonchev–Trinajstić information content (AvgIpc) is 2.62. The first-order valence-corrected chi connectivity index (χ1v) is 8.80. The Kier molecular flexibility index (Phi) is 5.80. The van der Waals surface area contributed by atoms with E-state index in [2.05, 4.69) is 20.2 Å². The molecule has 138 valence electrons. The summed E-state index contributed by atoms with van der Waals surface area (Å²) in [5, 5.41) is 2.86. The molecule has 1 aliphatic heterocycles. The molecule has 1 aromatic heterocycles. The van der Waals surface area contributed by atoms with Crippen LogP contribution in [0.5, 0.6) is 0 Å². The summed E-state index contributed by atoms with van der Waals surface area (Å²) in [6, 6.07) is 7.54. The highest BCUT2D eigenvalue weighted by Gasteiger charge is 2.13. The number of nitrogens with zero attached hydrogens (tertiary/aromatic N) is 2. The molecule has 0 bridgehead atoms. The number of carbonyl (C=O) groups excluding carboxylic acids is 1. The van der Waals surface area contributed by atoms with Crippen LogP contribution in [0.4, 0.5) is 0 Å². The number of aromatic nitrogens is 2. The number of H-pyrrole nitrogens is 1. The summed E-state index contributed by atoms with van der Waals surface area (Å²) in [5.41, 5.74) is 3.20. The van der Waals surface area contributed by atoms with Gasteiger partial charge in [-0.2, -0.15) is 4.98 Å². The number of ether oxygens (including phenoxy) is 1. The zero-order valence-corrected chi connectivity index (χ0v) is 15.2. The second kappa shape index (κ2) is 8.25. The van der Waals surface area contributed by atoms with Gasteiger partial charge in [0.2, 0.25) is 0 Å². The van der Waals surface area contributed by atoms with Crippen LogP contribution in [-0.2, 0) is 4.74 Å². The maximum Gasteiger partial charge on any atom is 0.346 e. The second-order valence-electron chi connectivity index (χ2n) is 6.51. The van der Waals surface area contributed by atoms with Gasteiger partial charge >= 0.3 is 5.69 Å². The number of amides is 1. The Morgan fingerprint density at radius 3 is 2.77 bits per heavy atom. The van der Waals surface area contributed by atoms with E-state index in [1.807, 2.05) is 32.0 Å². The fourth-order valence-electron chi connectivity index (χ4n) is 3.07. The van der Waals surface area contributed by atoms with Crippen molar-refractivity contribution >= 4 is 5.91 Å². The van der Waals surface area contributed by atoms with Gasteiger partial charge in [0.15, 0.2) is 0 Å². The summed E-state index contributed by atoms with van der Waals surface area (Å²) in [7, 11) is 0. The number of morpholine rings is 1. The Morgan fingerprint density at radius 1 is 1.27 bits per heavy atom. The molecule has 26 heavy (non-hydrogen) atoms. The first-order chi connectivity index (χ1) is 12.5. The number of aryl methyl sites for hydroxylation is 2. The molecule has 0 atom stereocenters. The van der Waals surface area contributed by atoms with E-state index in [1.165, 1.54) is 0 Å². The molecule has 7 nitrogen and oxygen atoms in total. The smallest absolute Gasteiger partial charge is 0.346 e. The second-order valence-corrected chi connectivity index (χ2v) is 6.51. The summed E-state index contributed by atoms with van der Waals surface area (Å²) >= 11 is 0. The van der Waals surface area contributed by atoms with E-state index in [-0.39, 0.29) is 11.6 Å². The van der Waals surface area contributed by atoms with E-state index in [1.54, 1.807) is 6.07 Å². The fraction of sp³-hybridized carbons (Fsp3) is 0.421. The van der Waals surface area contributed by atoms with Crippen molar-refractivity contribution in [2.75, 3.05) is 39.4 Å². The molecule has 1 aromatic carbocycles. The predicted octanol–water partition coefficient (Wildman–Crippen LogP) is 1.12. The molecule has 0 unspecified atom stereocenters. The van der Waals surface area contributed by atoms with Crippen LogP contribution >= 0.6 is 0 Å². The molecule has 0 radical (unpaired) electrons. The minimum absolute atomic E-state index is 0.224. The Balaban J connectivity index is 1.70. The summed E-state index contributed by atoms with van der Waals surface area (Å²) in [4.78, 5) is 33.1. The molecule has 1 fully saturated rings. The zero-order chi connectivity index (χ0) is 18.5. The maximum atomic E-state index is 12.4. The van der Waals surface area contributed by atoms with Crippen LogP contribution in [0.15, 0.2) is 29.1 Å². The Bertz CT molecular complexity index is 841. The van der Waals surface area contributed by atoms with Gasteiger partial charge in [0.25, 0.3) is 5.91 Å². The minimum atomic E-state index is -0.527. The number of nitrogens with one attached hydrogen (secondary N) is 2. The Morgan fingerprint density at radius 2 is 2.04 bits per heavy atom. The predicted molar refractivity (Wildman–Crippen MR) is 99.4 cm³/mol. The van der Waals surface area contributed by atoms with Gasteiger partial charge in [-0.25, -0.2) is 4.79 Å². The van der Waals surface area contributed by atoms with Gasteiger partial charge in [-0.15, -0.1) is 0 Å². The first kappa shape index (κ1) is 18.3. The van der Waals surface area contributed by atoms with E-state index in [4.69, 9.17) is 4.74 Å². The summed E-state index contributed by atoms with van der Waals surface area (Å²) < 4.78 is 5.31. The van der Waals surface area contributed by atoms with Gasteiger partial charge < -0.3 is 15.0 Å². The average molecular weight is 356 g/mol. The molecule has 0 aliphatic carbocycles. The van der Waals surface area contributed by atoms with Crippen LogP contribution in [0.25, 0.3) is 11.3 Å². The summed E-state index contributed by atoms with van der Waals surface area (Å²) in [6.07, 6.45) is 0. The summed E-state index contributed by atoms with van der Waals surface area (Å²) in [6.45, 7) is 8.45. The van der Waals surface area contributed by atoms with Crippen LogP contribution < -0.4 is 11.0 Å². The van der Waals surface area contributed by atoms with E-state index < -0.39 is 5.69 Å². The molecule has 0 spiro atoms. The molecule has 0 saturated carbocycles. The van der Waals surface area contributed by atoms with Crippen LogP contribution in [-0.4, -0.2) is 60.2 Å². The van der Waals surface area contributed by atoms with E-state index in [0.717, 1.165) is 49.5 Å². The lowest BCUT2D eigenvalue weighted by atomic mass is 10.0. The van der Waals surface area contributed by atoms with Crippen LogP contribution in [0.2, 0.25) is 0 Å². The van der Waals surface area contributed by atoms with Crippen molar-refractivity contribution in [3.8, 4) is 11.3 Å². The number of carbonyl (C=O) groups is 1. The third kappa shape index (κ3) is 4.56. The largest absolute Gasteiger partial charge is 0.379 e. The lowest BCUT2D eigenvalue weighted by molar-refractivity contribution is 0.0383. The first-order valence-electron chi connectivity index (χ1n) is 8.80. The minimum Gasteiger partial charge on any atom is -0.379 e. The molecule has 2 N–H and O–H groups in total. The Hall–Kier alpha value is -2.51. The standard InChI is InChI=1S/C19H24N4O3/c1-13-3-4-15(14(2)11-13)16-12-17(22-19(25)21-16)18(24)20-5-6-23-7-9-26-10-8-23/h3-4,11-12H,5-10H2,1-2H3,(H,20,24)(H,21,22,25). The lowest BCUT2D eigenvalue weighted by Crippen LogP contribution is -2.41. The van der Waals surface area contributed by atoms with Gasteiger partial charge in [-0.05, 0) is 25.5 Å². The van der Waals surface area contributed by atoms with Gasteiger partial charge in [0, 0.05) is 31.7 Å². The van der Waals surface area contributed by atoms with Crippen LogP contribution in [0.1, 0.15) is 21.6 Å². The number of hydrogen-bond donors (Lipinski definition) is 2. The van der Waals surface area contributed by atoms with E-state index in [0.29, 0.717) is 12.2 Å². The molecule has 7 heteroatoms. The van der Waals surface area contributed by atoms with Crippen LogP contribution in [0, 0.1) is 13.8 Å². The molecular formula is C19H24N4O3. The van der Waals surface area contributed by atoms with Gasteiger partial charge in [-0.1, -0.05) is 23.8 Å². The van der Waals surface area contributed by atoms with Crippen molar-refractivity contribution < 1.29 is 9.53 Å². The lowest BCUT2D eigenvalue weighted by Gasteiger charge is -2.26. The van der Waals surface area contributed by atoms with Crippen molar-refractivity contribution in [1.29, 1.82) is 0 Å². The normalized spacial score (nSPS) is 15.0. The third-order valence-electron chi connectivity index (χ3n) is 4.46. The zero-order valence-electron chi connectivity index (χ0n) is 15.2. The van der Waals surface area contributed by atoms with Gasteiger partial charge in [-0.3, -0.25) is 9.69 Å². The van der Waals surface area contributed by atoms with Crippen molar-refractivity contribution in [3.63, 3.8) is 0 Å². The van der Waals surface area contributed by atoms with E-state index >= 15 is 0 Å². The van der Waals surface area contributed by atoms with Gasteiger partial charge in [0.1, 0.15) is 5.69 Å². The summed E-state index contributed by atoms with van der Waals surface area (Å²) in [5.74, 6) is -0.302. The molecule has 2 heterocycles. The topological polar surface area (TPSA) is 87.3 Å². The van der Waals surface area contributed by atoms with Gasteiger partial charge in [0.05, 0.1) is 18.9 Å². The van der Waals surface area contributed by atoms with Crippen LogP contribution in [0.3, 0.4) is 0 Å². The highest BCUT2D eigenvalue weighted by molar-refractivity contribution is 5.93. The van der Waals surface area contributed by atoms with E-state index in [9.17, 15) is 9.59 Å². The molecule has 1 saturated heterocycles. The number of aromatic amines is 1. The Labute approximate surface area is 152 Å². The highest BCUT2D eigenvalue weighted by atomic mass is 16.5.